The van der Waals surface area contributed by atoms with Gasteiger partial charge in [-0.1, -0.05) is 103 Å². The third-order valence-corrected chi connectivity index (χ3v) is 7.18. The quantitative estimate of drug-likeness (QED) is 0.374. The lowest BCUT2D eigenvalue weighted by atomic mass is 9.94. The summed E-state index contributed by atoms with van der Waals surface area (Å²) in [5, 5.41) is 3.89. The average molecular weight is 503 g/mol. The lowest BCUT2D eigenvalue weighted by molar-refractivity contribution is -0.141. The van der Waals surface area contributed by atoms with Gasteiger partial charge in [0, 0.05) is 24.0 Å². The molecule has 2 amide bonds. The Bertz CT molecular complexity index is 1140. The normalized spacial score (nSPS) is 14.7. The number of amides is 2. The Morgan fingerprint density at radius 1 is 0.889 bits per heavy atom. The minimum atomic E-state index is -0.609. The summed E-state index contributed by atoms with van der Waals surface area (Å²) in [5.41, 5.74) is 4.04. The van der Waals surface area contributed by atoms with Gasteiger partial charge in [0.15, 0.2) is 0 Å². The molecule has 1 aliphatic carbocycles. The van der Waals surface area contributed by atoms with Crippen molar-refractivity contribution < 1.29 is 9.59 Å². The number of nitrogens with zero attached hydrogens (tertiary/aromatic N) is 1. The summed E-state index contributed by atoms with van der Waals surface area (Å²) in [4.78, 5) is 29.4. The highest BCUT2D eigenvalue weighted by Gasteiger charge is 2.32. The fourth-order valence-corrected chi connectivity index (χ4v) is 5.12. The number of nitrogens with one attached hydrogen (secondary N) is 1. The first-order chi connectivity index (χ1) is 17.5. The molecule has 0 saturated heterocycles. The number of hydrogen-bond donors (Lipinski definition) is 1. The lowest BCUT2D eigenvalue weighted by Gasteiger charge is -2.33. The number of benzene rings is 3. The molecule has 0 spiro atoms. The smallest absolute Gasteiger partial charge is 0.243 e. The third kappa shape index (κ3) is 7.44. The van der Waals surface area contributed by atoms with Gasteiger partial charge in [-0.25, -0.2) is 0 Å². The van der Waals surface area contributed by atoms with Gasteiger partial charge in [-0.05, 0) is 48.6 Å². The second kappa shape index (κ2) is 12.7. The standard InChI is InChI=1S/C31H35ClN2O2/c1-23-15-17-25(18-16-23)22-34(30(35)21-26-11-8-12-27(32)19-26)29(20-24-9-4-2-5-10-24)31(36)33-28-13-6-3-7-14-28/h2,4-5,8-12,15-19,28-29H,3,6-7,13-14,20-22H2,1H3,(H,33,36). The third-order valence-electron chi connectivity index (χ3n) is 6.94. The first-order valence-corrected chi connectivity index (χ1v) is 13.3. The molecular formula is C31H35ClN2O2. The van der Waals surface area contributed by atoms with Gasteiger partial charge < -0.3 is 10.2 Å². The van der Waals surface area contributed by atoms with E-state index in [1.807, 2.05) is 79.7 Å². The predicted octanol–water partition coefficient (Wildman–Crippen LogP) is 6.28. The van der Waals surface area contributed by atoms with E-state index in [0.29, 0.717) is 18.0 Å². The Morgan fingerprint density at radius 3 is 2.28 bits per heavy atom. The predicted molar refractivity (Wildman–Crippen MR) is 146 cm³/mol. The van der Waals surface area contributed by atoms with Gasteiger partial charge in [-0.15, -0.1) is 0 Å². The van der Waals surface area contributed by atoms with Crippen molar-refractivity contribution in [2.24, 2.45) is 0 Å². The largest absolute Gasteiger partial charge is 0.352 e. The van der Waals surface area contributed by atoms with Crippen LogP contribution in [-0.4, -0.2) is 28.8 Å². The van der Waals surface area contributed by atoms with Crippen LogP contribution >= 0.6 is 11.6 Å². The van der Waals surface area contributed by atoms with Gasteiger partial charge in [0.2, 0.25) is 11.8 Å². The molecule has 1 saturated carbocycles. The van der Waals surface area contributed by atoms with Crippen molar-refractivity contribution in [1.29, 1.82) is 0 Å². The first-order valence-electron chi connectivity index (χ1n) is 12.9. The molecule has 1 unspecified atom stereocenters. The van der Waals surface area contributed by atoms with Gasteiger partial charge in [-0.2, -0.15) is 0 Å². The van der Waals surface area contributed by atoms with Crippen molar-refractivity contribution in [2.45, 2.75) is 70.5 Å². The van der Waals surface area contributed by atoms with E-state index < -0.39 is 6.04 Å². The maximum atomic E-state index is 13.8. The zero-order valence-electron chi connectivity index (χ0n) is 21.0. The monoisotopic (exact) mass is 502 g/mol. The maximum absolute atomic E-state index is 13.8. The summed E-state index contributed by atoms with van der Waals surface area (Å²) in [6, 6.07) is 25.1. The second-order valence-corrected chi connectivity index (χ2v) is 10.3. The maximum Gasteiger partial charge on any atom is 0.243 e. The van der Waals surface area contributed by atoms with Crippen molar-refractivity contribution in [2.75, 3.05) is 0 Å². The van der Waals surface area contributed by atoms with Crippen molar-refractivity contribution >= 4 is 23.4 Å². The van der Waals surface area contributed by atoms with E-state index in [0.717, 1.165) is 47.9 Å². The molecule has 5 heteroatoms. The summed E-state index contributed by atoms with van der Waals surface area (Å²) >= 11 is 6.19. The molecule has 4 nitrogen and oxygen atoms in total. The Kier molecular flexibility index (Phi) is 9.18. The zero-order valence-corrected chi connectivity index (χ0v) is 21.7. The molecule has 1 N–H and O–H groups in total. The summed E-state index contributed by atoms with van der Waals surface area (Å²) in [5.74, 6) is -0.158. The highest BCUT2D eigenvalue weighted by molar-refractivity contribution is 6.30. The van der Waals surface area contributed by atoms with Gasteiger partial charge in [0.1, 0.15) is 6.04 Å². The summed E-state index contributed by atoms with van der Waals surface area (Å²) < 4.78 is 0. The molecule has 0 radical (unpaired) electrons. The SMILES string of the molecule is Cc1ccc(CN(C(=O)Cc2cccc(Cl)c2)C(Cc2ccccc2)C(=O)NC2CCCCC2)cc1. The number of rotatable bonds is 9. The van der Waals surface area contributed by atoms with Crippen LogP contribution in [0.4, 0.5) is 0 Å². The van der Waals surface area contributed by atoms with E-state index in [2.05, 4.69) is 5.32 Å². The Morgan fingerprint density at radius 2 is 1.58 bits per heavy atom. The van der Waals surface area contributed by atoms with E-state index in [-0.39, 0.29) is 24.3 Å². The fraction of sp³-hybridized carbons (Fsp3) is 0.355. The molecule has 3 aromatic rings. The number of aryl methyl sites for hydroxylation is 1. The fourth-order valence-electron chi connectivity index (χ4n) is 4.91. The van der Waals surface area contributed by atoms with E-state index in [9.17, 15) is 9.59 Å². The minimum absolute atomic E-state index is 0.0719. The average Bonchev–Trinajstić information content (AvgIpc) is 2.88. The van der Waals surface area contributed by atoms with Crippen LogP contribution in [0.1, 0.15) is 54.4 Å². The summed E-state index contributed by atoms with van der Waals surface area (Å²) in [6.07, 6.45) is 6.14. The molecule has 1 atom stereocenters. The topological polar surface area (TPSA) is 49.4 Å². The lowest BCUT2D eigenvalue weighted by Crippen LogP contribution is -2.53. The Hall–Kier alpha value is -3.11. The molecule has 1 fully saturated rings. The first kappa shape index (κ1) is 26.0. The van der Waals surface area contributed by atoms with E-state index >= 15 is 0 Å². The molecule has 188 valence electrons. The van der Waals surface area contributed by atoms with Crippen molar-refractivity contribution in [1.82, 2.24) is 10.2 Å². The Labute approximate surface area is 219 Å². The van der Waals surface area contributed by atoms with Gasteiger partial charge in [0.25, 0.3) is 0 Å². The summed E-state index contributed by atoms with van der Waals surface area (Å²) in [6.45, 7) is 2.41. The zero-order chi connectivity index (χ0) is 25.3. The number of carbonyl (C=O) groups excluding carboxylic acids is 2. The van der Waals surface area contributed by atoms with Crippen LogP contribution in [0.25, 0.3) is 0 Å². The molecule has 4 rings (SSSR count). The van der Waals surface area contributed by atoms with Crippen LogP contribution in [0.15, 0.2) is 78.9 Å². The van der Waals surface area contributed by atoms with Gasteiger partial charge >= 0.3 is 0 Å². The molecule has 0 aromatic heterocycles. The highest BCUT2D eigenvalue weighted by Crippen LogP contribution is 2.21. The number of halogens is 1. The van der Waals surface area contributed by atoms with E-state index in [1.165, 1.54) is 6.42 Å². The molecule has 0 bridgehead atoms. The summed E-state index contributed by atoms with van der Waals surface area (Å²) in [7, 11) is 0. The number of carbonyl (C=O) groups is 2. The van der Waals surface area contributed by atoms with Crippen molar-refractivity contribution in [3.63, 3.8) is 0 Å². The van der Waals surface area contributed by atoms with Crippen LogP contribution in [0.3, 0.4) is 0 Å². The number of hydrogen-bond acceptors (Lipinski definition) is 2. The van der Waals surface area contributed by atoms with Crippen molar-refractivity contribution in [3.8, 4) is 0 Å². The van der Waals surface area contributed by atoms with Gasteiger partial charge in [-0.3, -0.25) is 9.59 Å². The van der Waals surface area contributed by atoms with Crippen LogP contribution in [0, 0.1) is 6.92 Å². The molecular weight excluding hydrogens is 468 g/mol. The molecule has 0 heterocycles. The van der Waals surface area contributed by atoms with Crippen LogP contribution in [0.5, 0.6) is 0 Å². The van der Waals surface area contributed by atoms with Crippen LogP contribution in [-0.2, 0) is 29.0 Å². The van der Waals surface area contributed by atoms with Crippen LogP contribution < -0.4 is 5.32 Å². The highest BCUT2D eigenvalue weighted by atomic mass is 35.5. The molecule has 1 aliphatic rings. The van der Waals surface area contributed by atoms with E-state index in [1.54, 1.807) is 11.0 Å². The molecule has 3 aromatic carbocycles. The Balaban J connectivity index is 1.65. The van der Waals surface area contributed by atoms with Gasteiger partial charge in [0.05, 0.1) is 6.42 Å². The minimum Gasteiger partial charge on any atom is -0.352 e. The molecule has 0 aliphatic heterocycles. The van der Waals surface area contributed by atoms with E-state index in [4.69, 9.17) is 11.6 Å². The molecule has 36 heavy (non-hydrogen) atoms. The van der Waals surface area contributed by atoms with Crippen LogP contribution in [0.2, 0.25) is 5.02 Å². The van der Waals surface area contributed by atoms with Crippen molar-refractivity contribution in [3.05, 3.63) is 106 Å². The second-order valence-electron chi connectivity index (χ2n) is 9.86.